The molecule has 0 radical (unpaired) electrons. The SMILES string of the molecule is CC(C)NC1CCc2ccc(Br)cc2C1=O. The van der Waals surface area contributed by atoms with Crippen LogP contribution in [0.25, 0.3) is 0 Å². The van der Waals surface area contributed by atoms with E-state index in [1.54, 1.807) is 0 Å². The van der Waals surface area contributed by atoms with Crippen LogP contribution in [0.4, 0.5) is 0 Å². The van der Waals surface area contributed by atoms with Crippen molar-refractivity contribution in [3.63, 3.8) is 0 Å². The number of halogens is 1. The van der Waals surface area contributed by atoms with Crippen molar-refractivity contribution in [2.45, 2.75) is 38.8 Å². The van der Waals surface area contributed by atoms with Gasteiger partial charge in [-0.1, -0.05) is 35.8 Å². The van der Waals surface area contributed by atoms with Gasteiger partial charge in [-0.3, -0.25) is 4.79 Å². The zero-order valence-corrected chi connectivity index (χ0v) is 11.2. The third-order valence-corrected chi connectivity index (χ3v) is 3.38. The number of hydrogen-bond acceptors (Lipinski definition) is 2. The lowest BCUT2D eigenvalue weighted by atomic mass is 9.87. The molecule has 1 N–H and O–H groups in total. The smallest absolute Gasteiger partial charge is 0.180 e. The third kappa shape index (κ3) is 2.36. The molecule has 1 aliphatic carbocycles. The third-order valence-electron chi connectivity index (χ3n) is 2.89. The summed E-state index contributed by atoms with van der Waals surface area (Å²) in [4.78, 5) is 12.2. The minimum Gasteiger partial charge on any atom is -0.305 e. The molecule has 16 heavy (non-hydrogen) atoms. The highest BCUT2D eigenvalue weighted by Crippen LogP contribution is 2.25. The van der Waals surface area contributed by atoms with Gasteiger partial charge in [-0.25, -0.2) is 0 Å². The number of hydrogen-bond donors (Lipinski definition) is 1. The van der Waals surface area contributed by atoms with Gasteiger partial charge in [0.15, 0.2) is 5.78 Å². The van der Waals surface area contributed by atoms with E-state index in [0.717, 1.165) is 22.9 Å². The topological polar surface area (TPSA) is 29.1 Å². The predicted octanol–water partition coefficient (Wildman–Crippen LogP) is 2.94. The molecule has 0 aromatic heterocycles. The average Bonchev–Trinajstić information content (AvgIpc) is 2.22. The highest BCUT2D eigenvalue weighted by molar-refractivity contribution is 9.10. The predicted molar refractivity (Wildman–Crippen MR) is 68.9 cm³/mol. The Morgan fingerprint density at radius 2 is 2.19 bits per heavy atom. The van der Waals surface area contributed by atoms with Crippen molar-refractivity contribution in [1.82, 2.24) is 5.32 Å². The molecule has 0 amide bonds. The Labute approximate surface area is 105 Å². The molecule has 1 unspecified atom stereocenters. The molecule has 3 heteroatoms. The number of carbonyl (C=O) groups is 1. The van der Waals surface area contributed by atoms with Crippen molar-refractivity contribution in [1.29, 1.82) is 0 Å². The van der Waals surface area contributed by atoms with Crippen LogP contribution < -0.4 is 5.32 Å². The first-order valence-corrected chi connectivity index (χ1v) is 6.46. The zero-order valence-electron chi connectivity index (χ0n) is 9.59. The van der Waals surface area contributed by atoms with Crippen molar-refractivity contribution >= 4 is 21.7 Å². The molecule has 86 valence electrons. The van der Waals surface area contributed by atoms with E-state index >= 15 is 0 Å². The maximum absolute atomic E-state index is 12.2. The Morgan fingerprint density at radius 1 is 1.44 bits per heavy atom. The van der Waals surface area contributed by atoms with E-state index in [1.165, 1.54) is 5.56 Å². The number of nitrogens with one attached hydrogen (secondary N) is 1. The maximum atomic E-state index is 12.2. The standard InChI is InChI=1S/C13H16BrNO/c1-8(2)15-12-6-4-9-3-5-10(14)7-11(9)13(12)16/h3,5,7-8,12,15H,4,6H2,1-2H3. The Balaban J connectivity index is 2.27. The second-order valence-corrected chi connectivity index (χ2v) is 5.49. The van der Waals surface area contributed by atoms with Gasteiger partial charge >= 0.3 is 0 Å². The lowest BCUT2D eigenvalue weighted by Gasteiger charge is -2.26. The molecule has 0 fully saturated rings. The quantitative estimate of drug-likeness (QED) is 0.903. The first-order valence-electron chi connectivity index (χ1n) is 5.66. The van der Waals surface area contributed by atoms with E-state index in [4.69, 9.17) is 0 Å². The highest BCUT2D eigenvalue weighted by atomic mass is 79.9. The van der Waals surface area contributed by atoms with Gasteiger partial charge in [-0.05, 0) is 30.5 Å². The molecule has 0 heterocycles. The lowest BCUT2D eigenvalue weighted by Crippen LogP contribution is -2.43. The van der Waals surface area contributed by atoms with Gasteiger partial charge in [0.2, 0.25) is 0 Å². The minimum absolute atomic E-state index is 0.0122. The Morgan fingerprint density at radius 3 is 2.88 bits per heavy atom. The summed E-state index contributed by atoms with van der Waals surface area (Å²) in [5, 5.41) is 3.33. The molecular formula is C13H16BrNO. The molecule has 1 aliphatic rings. The molecule has 0 bridgehead atoms. The lowest BCUT2D eigenvalue weighted by molar-refractivity contribution is 0.0922. The van der Waals surface area contributed by atoms with Crippen LogP contribution in [-0.4, -0.2) is 17.9 Å². The summed E-state index contributed by atoms with van der Waals surface area (Å²) >= 11 is 3.42. The summed E-state index contributed by atoms with van der Waals surface area (Å²) < 4.78 is 0.977. The number of aryl methyl sites for hydroxylation is 1. The van der Waals surface area contributed by atoms with E-state index in [1.807, 2.05) is 18.2 Å². The average molecular weight is 282 g/mol. The second-order valence-electron chi connectivity index (χ2n) is 4.58. The summed E-state index contributed by atoms with van der Waals surface area (Å²) in [6.07, 6.45) is 1.89. The first kappa shape index (κ1) is 11.8. The van der Waals surface area contributed by atoms with Crippen LogP contribution in [0.2, 0.25) is 0 Å². The number of rotatable bonds is 2. The van der Waals surface area contributed by atoms with Gasteiger partial charge in [0, 0.05) is 16.1 Å². The van der Waals surface area contributed by atoms with Crippen LogP contribution in [0, 0.1) is 0 Å². The summed E-state index contributed by atoms with van der Waals surface area (Å²) in [6, 6.07) is 6.32. The molecule has 1 aromatic carbocycles. The van der Waals surface area contributed by atoms with Crippen molar-refractivity contribution in [2.24, 2.45) is 0 Å². The fourth-order valence-electron chi connectivity index (χ4n) is 2.18. The Bertz CT molecular complexity index is 414. The van der Waals surface area contributed by atoms with Crippen molar-refractivity contribution in [2.75, 3.05) is 0 Å². The van der Waals surface area contributed by atoms with Crippen molar-refractivity contribution < 1.29 is 4.79 Å². The van der Waals surface area contributed by atoms with Crippen LogP contribution in [-0.2, 0) is 6.42 Å². The van der Waals surface area contributed by atoms with E-state index in [0.29, 0.717) is 6.04 Å². The summed E-state index contributed by atoms with van der Waals surface area (Å²) in [5.41, 5.74) is 2.05. The van der Waals surface area contributed by atoms with Crippen LogP contribution in [0.5, 0.6) is 0 Å². The minimum atomic E-state index is -0.0122. The summed E-state index contributed by atoms with van der Waals surface area (Å²) in [5.74, 6) is 0.233. The molecule has 2 rings (SSSR count). The first-order chi connectivity index (χ1) is 7.58. The van der Waals surface area contributed by atoms with Gasteiger partial charge in [0.25, 0.3) is 0 Å². The number of ketones is 1. The normalized spacial score (nSPS) is 20.0. The maximum Gasteiger partial charge on any atom is 0.180 e. The van der Waals surface area contributed by atoms with Crippen molar-refractivity contribution in [3.05, 3.63) is 33.8 Å². The highest BCUT2D eigenvalue weighted by Gasteiger charge is 2.27. The molecular weight excluding hydrogens is 266 g/mol. The van der Waals surface area contributed by atoms with Gasteiger partial charge < -0.3 is 5.32 Å². The van der Waals surface area contributed by atoms with Gasteiger partial charge in [-0.2, -0.15) is 0 Å². The van der Waals surface area contributed by atoms with Crippen molar-refractivity contribution in [3.8, 4) is 0 Å². The van der Waals surface area contributed by atoms with Gasteiger partial charge in [-0.15, -0.1) is 0 Å². The molecule has 1 atom stereocenters. The zero-order chi connectivity index (χ0) is 11.7. The monoisotopic (exact) mass is 281 g/mol. The van der Waals surface area contributed by atoms with Crippen LogP contribution in [0.15, 0.2) is 22.7 Å². The number of carbonyl (C=O) groups excluding carboxylic acids is 1. The molecule has 0 saturated heterocycles. The van der Waals surface area contributed by atoms with E-state index in [2.05, 4.69) is 35.1 Å². The van der Waals surface area contributed by atoms with E-state index < -0.39 is 0 Å². The largest absolute Gasteiger partial charge is 0.305 e. The van der Waals surface area contributed by atoms with Gasteiger partial charge in [0.05, 0.1) is 6.04 Å². The molecule has 0 saturated carbocycles. The molecule has 1 aromatic rings. The van der Waals surface area contributed by atoms with Crippen LogP contribution in [0.3, 0.4) is 0 Å². The van der Waals surface area contributed by atoms with Crippen LogP contribution >= 0.6 is 15.9 Å². The molecule has 0 spiro atoms. The Kier molecular flexibility index (Phi) is 3.45. The Hall–Kier alpha value is -0.670. The number of Topliss-reactive ketones (excluding diaryl/α,β-unsaturated/α-hetero) is 1. The van der Waals surface area contributed by atoms with E-state index in [-0.39, 0.29) is 11.8 Å². The summed E-state index contributed by atoms with van der Waals surface area (Å²) in [6.45, 7) is 4.15. The van der Waals surface area contributed by atoms with E-state index in [9.17, 15) is 4.79 Å². The molecule has 2 nitrogen and oxygen atoms in total. The fourth-order valence-corrected chi connectivity index (χ4v) is 2.54. The fraction of sp³-hybridized carbons (Fsp3) is 0.462. The number of fused-ring (bicyclic) bond motifs is 1. The van der Waals surface area contributed by atoms with Gasteiger partial charge in [0.1, 0.15) is 0 Å². The second kappa shape index (κ2) is 4.68. The summed E-state index contributed by atoms with van der Waals surface area (Å²) in [7, 11) is 0. The van der Waals surface area contributed by atoms with Crippen LogP contribution in [0.1, 0.15) is 36.2 Å². The number of benzene rings is 1. The molecule has 0 aliphatic heterocycles.